The van der Waals surface area contributed by atoms with Gasteiger partial charge < -0.3 is 10.6 Å². The molecule has 26 heavy (non-hydrogen) atoms. The fourth-order valence-electron chi connectivity index (χ4n) is 2.16. The van der Waals surface area contributed by atoms with Crippen LogP contribution in [0.2, 0.25) is 0 Å². The van der Waals surface area contributed by atoms with Gasteiger partial charge in [0.25, 0.3) is 0 Å². The number of aromatic nitrogens is 3. The zero-order valence-electron chi connectivity index (χ0n) is 14.5. The van der Waals surface area contributed by atoms with Gasteiger partial charge in [-0.25, -0.2) is 9.89 Å². The predicted octanol–water partition coefficient (Wildman–Crippen LogP) is 1.90. The van der Waals surface area contributed by atoms with Crippen molar-refractivity contribution in [2.75, 3.05) is 17.6 Å². The summed E-state index contributed by atoms with van der Waals surface area (Å²) in [4.78, 5) is 35.5. The molecule has 1 aromatic heterocycles. The summed E-state index contributed by atoms with van der Waals surface area (Å²) < 4.78 is 2.42. The molecule has 0 aliphatic carbocycles. The molecule has 0 bridgehead atoms. The van der Waals surface area contributed by atoms with Crippen LogP contribution >= 0.6 is 27.7 Å². The fraction of sp³-hybridized carbons (Fsp3) is 0.375. The number of nitrogens with one attached hydrogen (secondary N) is 3. The van der Waals surface area contributed by atoms with Crippen LogP contribution in [0, 0.1) is 6.92 Å². The van der Waals surface area contributed by atoms with Crippen molar-refractivity contribution in [1.29, 1.82) is 0 Å². The van der Waals surface area contributed by atoms with Gasteiger partial charge in [0.05, 0.1) is 12.3 Å². The molecule has 8 nitrogen and oxygen atoms in total. The maximum Gasteiger partial charge on any atom is 0.343 e. The molecule has 0 radical (unpaired) electrons. The minimum Gasteiger partial charge on any atom is -0.346 e. The number of amides is 2. The van der Waals surface area contributed by atoms with Crippen molar-refractivity contribution in [2.45, 2.75) is 32.0 Å². The van der Waals surface area contributed by atoms with Crippen molar-refractivity contribution >= 4 is 45.2 Å². The van der Waals surface area contributed by atoms with E-state index in [4.69, 9.17) is 0 Å². The molecule has 0 atom stereocenters. The van der Waals surface area contributed by atoms with E-state index in [0.717, 1.165) is 28.2 Å². The number of rotatable bonds is 8. The smallest absolute Gasteiger partial charge is 0.343 e. The molecule has 140 valence electrons. The van der Waals surface area contributed by atoms with Crippen LogP contribution in [0.25, 0.3) is 0 Å². The first kappa shape index (κ1) is 20.2. The number of aryl methyl sites for hydroxylation is 1. The number of carbonyl (C=O) groups is 2. The Hall–Kier alpha value is -2.07. The average Bonchev–Trinajstić information content (AvgIpc) is 2.94. The van der Waals surface area contributed by atoms with Gasteiger partial charge in [0.1, 0.15) is 0 Å². The summed E-state index contributed by atoms with van der Waals surface area (Å²) in [5.41, 5.74) is 1.32. The molecule has 3 N–H and O–H groups in total. The Morgan fingerprint density at radius 1 is 1.35 bits per heavy atom. The van der Waals surface area contributed by atoms with E-state index in [9.17, 15) is 14.4 Å². The summed E-state index contributed by atoms with van der Waals surface area (Å²) in [7, 11) is 0. The van der Waals surface area contributed by atoms with E-state index in [-0.39, 0.29) is 29.8 Å². The van der Waals surface area contributed by atoms with Crippen molar-refractivity contribution in [3.63, 3.8) is 0 Å². The molecule has 1 aromatic carbocycles. The molecule has 0 unspecified atom stereocenters. The van der Waals surface area contributed by atoms with E-state index >= 15 is 0 Å². The first-order chi connectivity index (χ1) is 12.4. The van der Waals surface area contributed by atoms with Gasteiger partial charge >= 0.3 is 5.69 Å². The van der Waals surface area contributed by atoms with E-state index in [1.165, 1.54) is 4.57 Å². The van der Waals surface area contributed by atoms with Crippen LogP contribution in [0.1, 0.15) is 18.9 Å². The largest absolute Gasteiger partial charge is 0.346 e. The van der Waals surface area contributed by atoms with Crippen LogP contribution in [0.4, 0.5) is 5.69 Å². The lowest BCUT2D eigenvalue weighted by Crippen LogP contribution is -2.34. The molecule has 0 spiro atoms. The molecular weight excluding hydrogens is 422 g/mol. The van der Waals surface area contributed by atoms with Gasteiger partial charge in [0.2, 0.25) is 11.8 Å². The van der Waals surface area contributed by atoms with E-state index in [1.807, 2.05) is 26.0 Å². The molecule has 2 aromatic rings. The summed E-state index contributed by atoms with van der Waals surface area (Å²) in [6, 6.07) is 5.52. The average molecular weight is 442 g/mol. The predicted molar refractivity (Wildman–Crippen MR) is 104 cm³/mol. The normalized spacial score (nSPS) is 10.6. The molecule has 0 saturated heterocycles. The second-order valence-corrected chi connectivity index (χ2v) is 7.39. The zero-order valence-corrected chi connectivity index (χ0v) is 16.9. The maximum atomic E-state index is 12.0. The van der Waals surface area contributed by atoms with Gasteiger partial charge in [0, 0.05) is 16.7 Å². The van der Waals surface area contributed by atoms with Crippen molar-refractivity contribution < 1.29 is 9.59 Å². The third-order valence-corrected chi connectivity index (χ3v) is 4.88. The first-order valence-electron chi connectivity index (χ1n) is 8.01. The Bertz CT molecular complexity index is 849. The molecule has 10 heteroatoms. The zero-order chi connectivity index (χ0) is 19.1. The summed E-state index contributed by atoms with van der Waals surface area (Å²) in [5.74, 6) is -0.550. The first-order valence-corrected chi connectivity index (χ1v) is 9.79. The molecule has 0 aliphatic rings. The van der Waals surface area contributed by atoms with Crippen LogP contribution in [-0.4, -0.2) is 38.9 Å². The quantitative estimate of drug-likeness (QED) is 0.542. The lowest BCUT2D eigenvalue weighted by Gasteiger charge is -2.09. The number of hydrogen-bond acceptors (Lipinski definition) is 5. The van der Waals surface area contributed by atoms with Gasteiger partial charge in [-0.3, -0.25) is 14.2 Å². The highest BCUT2D eigenvalue weighted by molar-refractivity contribution is 9.10. The highest BCUT2D eigenvalue weighted by atomic mass is 79.9. The Morgan fingerprint density at radius 3 is 2.81 bits per heavy atom. The fourth-order valence-corrected chi connectivity index (χ4v) is 3.43. The molecule has 0 fully saturated rings. The Morgan fingerprint density at radius 2 is 2.12 bits per heavy atom. The number of benzene rings is 1. The second-order valence-electron chi connectivity index (χ2n) is 5.54. The van der Waals surface area contributed by atoms with E-state index in [0.29, 0.717) is 17.4 Å². The van der Waals surface area contributed by atoms with E-state index in [2.05, 4.69) is 36.8 Å². The van der Waals surface area contributed by atoms with Gasteiger partial charge in [-0.1, -0.05) is 34.6 Å². The van der Waals surface area contributed by atoms with Crippen LogP contribution in [0.5, 0.6) is 0 Å². The Labute approximate surface area is 163 Å². The van der Waals surface area contributed by atoms with Crippen LogP contribution in [0.15, 0.2) is 32.6 Å². The number of carbonyl (C=O) groups excluding carboxylic acids is 2. The molecule has 0 aliphatic heterocycles. The SMILES string of the molecule is CCCn1c(SCC(=O)NCC(=O)Nc2ccc(Br)cc2C)n[nH]c1=O. The standard InChI is InChI=1S/C16H20BrN5O3S/c1-3-6-22-15(25)20-21-16(22)26-9-14(24)18-8-13(23)19-12-5-4-11(17)7-10(12)2/h4-5,7H,3,6,8-9H2,1-2H3,(H,18,24)(H,19,23)(H,20,25). The number of thioether (sulfide) groups is 1. The van der Waals surface area contributed by atoms with Crippen LogP contribution < -0.4 is 16.3 Å². The third-order valence-electron chi connectivity index (χ3n) is 3.41. The van der Waals surface area contributed by atoms with Crippen LogP contribution in [-0.2, 0) is 16.1 Å². The van der Waals surface area contributed by atoms with Gasteiger partial charge in [-0.15, -0.1) is 5.10 Å². The molecule has 2 amide bonds. The lowest BCUT2D eigenvalue weighted by molar-refractivity contribution is -0.122. The van der Waals surface area contributed by atoms with Gasteiger partial charge in [0.15, 0.2) is 5.16 Å². The maximum absolute atomic E-state index is 12.0. The Kier molecular flexibility index (Phi) is 7.46. The number of H-pyrrole nitrogens is 1. The van der Waals surface area contributed by atoms with E-state index in [1.54, 1.807) is 6.07 Å². The number of anilines is 1. The molecule has 0 saturated carbocycles. The van der Waals surface area contributed by atoms with Crippen molar-refractivity contribution in [3.05, 3.63) is 38.7 Å². The number of aromatic amines is 1. The molecular formula is C16H20BrN5O3S. The third kappa shape index (κ3) is 5.73. The van der Waals surface area contributed by atoms with Gasteiger partial charge in [-0.05, 0) is 37.1 Å². The highest BCUT2D eigenvalue weighted by Crippen LogP contribution is 2.19. The minimum absolute atomic E-state index is 0.0681. The summed E-state index contributed by atoms with van der Waals surface area (Å²) >= 11 is 4.51. The van der Waals surface area contributed by atoms with Gasteiger partial charge in [-0.2, -0.15) is 0 Å². The summed E-state index contributed by atoms with van der Waals surface area (Å²) in [5, 5.41) is 12.0. The molecule has 1 heterocycles. The highest BCUT2D eigenvalue weighted by Gasteiger charge is 2.12. The minimum atomic E-state index is -0.309. The summed E-state index contributed by atoms with van der Waals surface area (Å²) in [6.45, 7) is 4.24. The number of nitrogens with zero attached hydrogens (tertiary/aromatic N) is 2. The summed E-state index contributed by atoms with van der Waals surface area (Å²) in [6.07, 6.45) is 0.787. The lowest BCUT2D eigenvalue weighted by atomic mass is 10.2. The Balaban J connectivity index is 1.79. The van der Waals surface area contributed by atoms with Crippen molar-refractivity contribution in [3.8, 4) is 0 Å². The van der Waals surface area contributed by atoms with Crippen molar-refractivity contribution in [2.24, 2.45) is 0 Å². The van der Waals surface area contributed by atoms with Crippen molar-refractivity contribution in [1.82, 2.24) is 20.1 Å². The number of halogens is 1. The monoisotopic (exact) mass is 441 g/mol. The van der Waals surface area contributed by atoms with Crippen LogP contribution in [0.3, 0.4) is 0 Å². The topological polar surface area (TPSA) is 109 Å². The second kappa shape index (κ2) is 9.58. The molecule has 2 rings (SSSR count). The number of hydrogen-bond donors (Lipinski definition) is 3. The van der Waals surface area contributed by atoms with E-state index < -0.39 is 0 Å².